The maximum Gasteiger partial charge on any atom is 0.256 e. The standard InChI is InChI=1S/C9H15N3O2S/c1-5(4-8(13)12-10)15-9-11-6(2)7(3)14-9/h5H,4,10H2,1-3H3,(H,12,13). The second-order valence-corrected chi connectivity index (χ2v) is 4.71. The molecular formula is C9H15N3O2S. The summed E-state index contributed by atoms with van der Waals surface area (Å²) in [4.78, 5) is 15.2. The van der Waals surface area contributed by atoms with E-state index in [-0.39, 0.29) is 11.2 Å². The van der Waals surface area contributed by atoms with Crippen LogP contribution in [0.1, 0.15) is 24.8 Å². The topological polar surface area (TPSA) is 81.2 Å². The second kappa shape index (κ2) is 5.18. The molecule has 0 saturated carbocycles. The van der Waals surface area contributed by atoms with Crippen LogP contribution < -0.4 is 11.3 Å². The van der Waals surface area contributed by atoms with Gasteiger partial charge in [0.2, 0.25) is 5.91 Å². The van der Waals surface area contributed by atoms with Gasteiger partial charge in [0, 0.05) is 11.7 Å². The number of amides is 1. The molecule has 0 fully saturated rings. The monoisotopic (exact) mass is 229 g/mol. The average molecular weight is 229 g/mol. The molecular weight excluding hydrogens is 214 g/mol. The van der Waals surface area contributed by atoms with Crippen LogP contribution in [0.2, 0.25) is 0 Å². The van der Waals surface area contributed by atoms with Crippen molar-refractivity contribution in [2.24, 2.45) is 5.84 Å². The highest BCUT2D eigenvalue weighted by molar-refractivity contribution is 7.99. The summed E-state index contributed by atoms with van der Waals surface area (Å²) in [5.41, 5.74) is 2.98. The Morgan fingerprint density at radius 1 is 1.67 bits per heavy atom. The van der Waals surface area contributed by atoms with Gasteiger partial charge in [-0.3, -0.25) is 10.2 Å². The van der Waals surface area contributed by atoms with Crippen LogP contribution in [0.3, 0.4) is 0 Å². The predicted octanol–water partition coefficient (Wildman–Crippen LogP) is 1.15. The van der Waals surface area contributed by atoms with E-state index in [0.717, 1.165) is 11.5 Å². The normalized spacial score (nSPS) is 12.5. The van der Waals surface area contributed by atoms with Gasteiger partial charge < -0.3 is 4.42 Å². The van der Waals surface area contributed by atoms with Crippen molar-refractivity contribution >= 4 is 17.7 Å². The van der Waals surface area contributed by atoms with Crippen molar-refractivity contribution in [2.75, 3.05) is 0 Å². The van der Waals surface area contributed by atoms with Gasteiger partial charge in [0.15, 0.2) is 0 Å². The Morgan fingerprint density at radius 2 is 2.33 bits per heavy atom. The molecule has 0 bridgehead atoms. The zero-order chi connectivity index (χ0) is 11.4. The molecule has 3 N–H and O–H groups in total. The molecule has 1 rings (SSSR count). The molecule has 0 aliphatic carbocycles. The molecule has 1 amide bonds. The van der Waals surface area contributed by atoms with E-state index in [1.807, 2.05) is 20.8 Å². The minimum Gasteiger partial charge on any atom is -0.437 e. The highest BCUT2D eigenvalue weighted by Crippen LogP contribution is 2.25. The van der Waals surface area contributed by atoms with E-state index in [1.165, 1.54) is 11.8 Å². The van der Waals surface area contributed by atoms with Crippen LogP contribution in [-0.2, 0) is 4.79 Å². The first-order valence-corrected chi connectivity index (χ1v) is 5.51. The molecule has 1 unspecified atom stereocenters. The zero-order valence-electron chi connectivity index (χ0n) is 9.03. The highest BCUT2D eigenvalue weighted by atomic mass is 32.2. The van der Waals surface area contributed by atoms with Crippen molar-refractivity contribution < 1.29 is 9.21 Å². The molecule has 0 aliphatic rings. The maximum atomic E-state index is 11.0. The molecule has 84 valence electrons. The largest absolute Gasteiger partial charge is 0.437 e. The number of aryl methyl sites for hydroxylation is 2. The number of oxazole rings is 1. The van der Waals surface area contributed by atoms with Gasteiger partial charge in [0.25, 0.3) is 5.22 Å². The molecule has 0 saturated heterocycles. The SMILES string of the molecule is Cc1nc(SC(C)CC(=O)NN)oc1C. The molecule has 0 radical (unpaired) electrons. The minimum absolute atomic E-state index is 0.0889. The summed E-state index contributed by atoms with van der Waals surface area (Å²) in [7, 11) is 0. The number of hydrogen-bond donors (Lipinski definition) is 2. The summed E-state index contributed by atoms with van der Waals surface area (Å²) in [6.07, 6.45) is 0.349. The molecule has 1 heterocycles. The highest BCUT2D eigenvalue weighted by Gasteiger charge is 2.13. The Labute approximate surface area is 92.8 Å². The summed E-state index contributed by atoms with van der Waals surface area (Å²) < 4.78 is 5.39. The van der Waals surface area contributed by atoms with Crippen LogP contribution in [0.4, 0.5) is 0 Å². The number of thioether (sulfide) groups is 1. The van der Waals surface area contributed by atoms with E-state index in [9.17, 15) is 4.79 Å². The Balaban J connectivity index is 2.51. The number of nitrogens with zero attached hydrogens (tertiary/aromatic N) is 1. The number of carbonyl (C=O) groups excluding carboxylic acids is 1. The molecule has 1 aromatic rings. The van der Waals surface area contributed by atoms with Crippen molar-refractivity contribution in [1.29, 1.82) is 0 Å². The van der Waals surface area contributed by atoms with Crippen molar-refractivity contribution in [3.8, 4) is 0 Å². The molecule has 0 aromatic carbocycles. The lowest BCUT2D eigenvalue weighted by Crippen LogP contribution is -2.31. The first-order valence-electron chi connectivity index (χ1n) is 4.63. The van der Waals surface area contributed by atoms with Crippen molar-refractivity contribution in [3.05, 3.63) is 11.5 Å². The van der Waals surface area contributed by atoms with Crippen molar-refractivity contribution in [3.63, 3.8) is 0 Å². The van der Waals surface area contributed by atoms with Crippen molar-refractivity contribution in [2.45, 2.75) is 37.7 Å². The van der Waals surface area contributed by atoms with Crippen LogP contribution >= 0.6 is 11.8 Å². The Kier molecular flexibility index (Phi) is 4.16. The summed E-state index contributed by atoms with van der Waals surface area (Å²) in [5, 5.41) is 0.688. The van der Waals surface area contributed by atoms with Gasteiger partial charge in [0.05, 0.1) is 5.69 Å². The molecule has 15 heavy (non-hydrogen) atoms. The van der Waals surface area contributed by atoms with E-state index < -0.39 is 0 Å². The average Bonchev–Trinajstić information content (AvgIpc) is 2.45. The van der Waals surface area contributed by atoms with E-state index in [2.05, 4.69) is 10.4 Å². The summed E-state index contributed by atoms with van der Waals surface area (Å²) >= 11 is 1.43. The third-order valence-electron chi connectivity index (χ3n) is 1.94. The Hall–Kier alpha value is -1.01. The number of nitrogens with one attached hydrogen (secondary N) is 1. The van der Waals surface area contributed by atoms with Gasteiger partial charge in [-0.05, 0) is 13.8 Å². The van der Waals surface area contributed by atoms with Gasteiger partial charge in [0.1, 0.15) is 5.76 Å². The number of rotatable bonds is 4. The molecule has 6 heteroatoms. The van der Waals surface area contributed by atoms with E-state index in [4.69, 9.17) is 10.3 Å². The van der Waals surface area contributed by atoms with Crippen LogP contribution in [0.25, 0.3) is 0 Å². The van der Waals surface area contributed by atoms with Crippen LogP contribution in [-0.4, -0.2) is 16.1 Å². The number of hydrogen-bond acceptors (Lipinski definition) is 5. The molecule has 1 aromatic heterocycles. The van der Waals surface area contributed by atoms with Gasteiger partial charge in [-0.2, -0.15) is 0 Å². The fraction of sp³-hybridized carbons (Fsp3) is 0.556. The molecule has 1 atom stereocenters. The lowest BCUT2D eigenvalue weighted by Gasteiger charge is -2.06. The first-order chi connectivity index (χ1) is 7.02. The summed E-state index contributed by atoms with van der Waals surface area (Å²) in [6, 6.07) is 0. The fourth-order valence-corrected chi connectivity index (χ4v) is 1.97. The van der Waals surface area contributed by atoms with Crippen LogP contribution in [0.15, 0.2) is 9.64 Å². The smallest absolute Gasteiger partial charge is 0.256 e. The van der Waals surface area contributed by atoms with Gasteiger partial charge >= 0.3 is 0 Å². The minimum atomic E-state index is -0.185. The molecule has 0 spiro atoms. The van der Waals surface area contributed by atoms with E-state index in [0.29, 0.717) is 11.6 Å². The lowest BCUT2D eigenvalue weighted by atomic mass is 10.3. The van der Waals surface area contributed by atoms with Gasteiger partial charge in [-0.1, -0.05) is 18.7 Å². The third-order valence-corrected chi connectivity index (χ3v) is 2.89. The second-order valence-electron chi connectivity index (χ2n) is 3.32. The van der Waals surface area contributed by atoms with Gasteiger partial charge in [-0.15, -0.1) is 0 Å². The number of aromatic nitrogens is 1. The lowest BCUT2D eigenvalue weighted by molar-refractivity contribution is -0.121. The van der Waals surface area contributed by atoms with Crippen molar-refractivity contribution in [1.82, 2.24) is 10.4 Å². The van der Waals surface area contributed by atoms with E-state index >= 15 is 0 Å². The predicted molar refractivity (Wildman–Crippen MR) is 58.2 cm³/mol. The molecule has 0 aliphatic heterocycles. The fourth-order valence-electron chi connectivity index (χ4n) is 1.03. The third kappa shape index (κ3) is 3.56. The summed E-state index contributed by atoms with van der Waals surface area (Å²) in [5.74, 6) is 5.62. The number of nitrogens with two attached hydrogens (primary N) is 1. The van der Waals surface area contributed by atoms with Crippen LogP contribution in [0.5, 0.6) is 0 Å². The quantitative estimate of drug-likeness (QED) is 0.350. The van der Waals surface area contributed by atoms with Gasteiger partial charge in [-0.25, -0.2) is 10.8 Å². The molecule has 5 nitrogen and oxygen atoms in total. The number of hydrazine groups is 1. The summed E-state index contributed by atoms with van der Waals surface area (Å²) in [6.45, 7) is 5.68. The first kappa shape index (κ1) is 12.1. The van der Waals surface area contributed by atoms with Crippen LogP contribution in [0, 0.1) is 13.8 Å². The Morgan fingerprint density at radius 3 is 2.80 bits per heavy atom. The zero-order valence-corrected chi connectivity index (χ0v) is 9.85. The van der Waals surface area contributed by atoms with E-state index in [1.54, 1.807) is 0 Å². The Bertz CT molecular complexity index is 332. The maximum absolute atomic E-state index is 11.0. The number of carbonyl (C=O) groups is 1.